The molecule has 0 radical (unpaired) electrons. The normalized spacial score (nSPS) is 10.3. The van der Waals surface area contributed by atoms with E-state index in [2.05, 4.69) is 4.74 Å². The van der Waals surface area contributed by atoms with Crippen LogP contribution in [0.25, 0.3) is 0 Å². The van der Waals surface area contributed by atoms with Gasteiger partial charge in [-0.05, 0) is 30.5 Å². The number of methoxy groups -OCH3 is 1. The Hall–Kier alpha value is -1.84. The first-order chi connectivity index (χ1) is 10.5. The first-order valence-electron chi connectivity index (χ1n) is 7.87. The van der Waals surface area contributed by atoms with Crippen LogP contribution in [0.4, 0.5) is 5.69 Å². The Labute approximate surface area is 133 Å². The number of hydrogen-bond donors (Lipinski definition) is 0. The minimum absolute atomic E-state index is 0.155. The van der Waals surface area contributed by atoms with Crippen LogP contribution >= 0.6 is 0 Å². The molecule has 122 valence electrons. The third-order valence-corrected chi connectivity index (χ3v) is 3.67. The second-order valence-corrected chi connectivity index (χ2v) is 5.77. The summed E-state index contributed by atoms with van der Waals surface area (Å²) in [5.41, 5.74) is 2.21. The predicted octanol–water partition coefficient (Wildman–Crippen LogP) is 3.38. The van der Waals surface area contributed by atoms with Crippen molar-refractivity contribution in [3.05, 3.63) is 29.8 Å². The highest BCUT2D eigenvalue weighted by Crippen LogP contribution is 2.14. The van der Waals surface area contributed by atoms with Gasteiger partial charge in [-0.25, -0.2) is 0 Å². The first-order valence-corrected chi connectivity index (χ1v) is 7.87. The maximum atomic E-state index is 11.9. The summed E-state index contributed by atoms with van der Waals surface area (Å²) in [5, 5.41) is 0. The Morgan fingerprint density at radius 2 is 1.55 bits per heavy atom. The summed E-state index contributed by atoms with van der Waals surface area (Å²) < 4.78 is 4.59. The molecular weight excluding hydrogens is 278 g/mol. The maximum absolute atomic E-state index is 11.9. The summed E-state index contributed by atoms with van der Waals surface area (Å²) in [7, 11) is 5.41. The molecule has 0 saturated carbocycles. The summed E-state index contributed by atoms with van der Waals surface area (Å²) in [6, 6.07) is 8.11. The van der Waals surface area contributed by atoms with Gasteiger partial charge in [-0.3, -0.25) is 9.59 Å². The lowest BCUT2D eigenvalue weighted by Crippen LogP contribution is -2.08. The van der Waals surface area contributed by atoms with E-state index < -0.39 is 0 Å². The molecule has 0 atom stereocenters. The number of carbonyl (C=O) groups excluding carboxylic acids is 2. The van der Waals surface area contributed by atoms with Gasteiger partial charge in [-0.2, -0.15) is 0 Å². The molecule has 0 aliphatic rings. The number of carbonyl (C=O) groups is 2. The summed E-state index contributed by atoms with van der Waals surface area (Å²) >= 11 is 0. The Bertz CT molecular complexity index is 466. The summed E-state index contributed by atoms with van der Waals surface area (Å²) in [6.07, 6.45) is 5.30. The van der Waals surface area contributed by atoms with Crippen LogP contribution in [0.3, 0.4) is 0 Å². The second-order valence-electron chi connectivity index (χ2n) is 5.77. The number of benzene rings is 1. The summed E-state index contributed by atoms with van der Waals surface area (Å²) in [6.45, 7) is 0. The van der Waals surface area contributed by atoms with Gasteiger partial charge in [0.1, 0.15) is 5.78 Å². The number of hydrogen-bond acceptors (Lipinski definition) is 4. The van der Waals surface area contributed by atoms with Gasteiger partial charge in [-0.1, -0.05) is 25.0 Å². The average Bonchev–Trinajstić information content (AvgIpc) is 2.50. The van der Waals surface area contributed by atoms with Gasteiger partial charge >= 0.3 is 5.97 Å². The van der Waals surface area contributed by atoms with E-state index in [0.29, 0.717) is 19.3 Å². The molecule has 0 aliphatic heterocycles. The minimum Gasteiger partial charge on any atom is -0.469 e. The molecule has 4 heteroatoms. The number of nitrogens with zero attached hydrogens (tertiary/aromatic N) is 1. The lowest BCUT2D eigenvalue weighted by molar-refractivity contribution is -0.140. The minimum atomic E-state index is -0.155. The smallest absolute Gasteiger partial charge is 0.305 e. The van der Waals surface area contributed by atoms with Gasteiger partial charge in [-0.15, -0.1) is 0 Å². The van der Waals surface area contributed by atoms with E-state index >= 15 is 0 Å². The zero-order valence-corrected chi connectivity index (χ0v) is 13.9. The zero-order chi connectivity index (χ0) is 16.4. The van der Waals surface area contributed by atoms with Crippen molar-refractivity contribution in [3.8, 4) is 0 Å². The highest BCUT2D eigenvalue weighted by molar-refractivity contribution is 5.80. The molecule has 1 aromatic rings. The van der Waals surface area contributed by atoms with E-state index in [1.807, 2.05) is 43.3 Å². The molecule has 1 aromatic carbocycles. The fourth-order valence-corrected chi connectivity index (χ4v) is 2.28. The van der Waals surface area contributed by atoms with E-state index in [0.717, 1.165) is 36.9 Å². The van der Waals surface area contributed by atoms with Gasteiger partial charge in [0.25, 0.3) is 0 Å². The molecule has 0 fully saturated rings. The quantitative estimate of drug-likeness (QED) is 0.491. The topological polar surface area (TPSA) is 46.6 Å². The van der Waals surface area contributed by atoms with Gasteiger partial charge in [0.05, 0.1) is 7.11 Å². The fraction of sp³-hybridized carbons (Fsp3) is 0.556. The van der Waals surface area contributed by atoms with Crippen LogP contribution in [0.1, 0.15) is 44.1 Å². The number of unbranched alkanes of at least 4 members (excludes halogenated alkanes) is 3. The molecule has 1 rings (SSSR count). The number of ether oxygens (including phenoxy) is 1. The van der Waals surface area contributed by atoms with Crippen molar-refractivity contribution in [2.45, 2.75) is 44.9 Å². The van der Waals surface area contributed by atoms with E-state index in [4.69, 9.17) is 0 Å². The standard InChI is InChI=1S/C18H27NO3/c1-19(2)16-12-10-15(11-13-16)14-17(20)8-6-4-5-7-9-18(21)22-3/h10-13H,4-9,14H2,1-3H3. The van der Waals surface area contributed by atoms with E-state index in [1.165, 1.54) is 7.11 Å². The lowest BCUT2D eigenvalue weighted by Gasteiger charge is -2.12. The maximum Gasteiger partial charge on any atom is 0.305 e. The molecule has 0 aromatic heterocycles. The Kier molecular flexibility index (Phi) is 8.26. The molecule has 22 heavy (non-hydrogen) atoms. The van der Waals surface area contributed by atoms with Gasteiger partial charge in [0.15, 0.2) is 0 Å². The molecule has 0 bridgehead atoms. The van der Waals surface area contributed by atoms with E-state index in [9.17, 15) is 9.59 Å². The van der Waals surface area contributed by atoms with Crippen molar-refractivity contribution >= 4 is 17.4 Å². The van der Waals surface area contributed by atoms with E-state index in [-0.39, 0.29) is 11.8 Å². The molecule has 0 aliphatic carbocycles. The van der Waals surface area contributed by atoms with Crippen molar-refractivity contribution in [3.63, 3.8) is 0 Å². The van der Waals surface area contributed by atoms with Gasteiger partial charge in [0.2, 0.25) is 0 Å². The molecule has 0 amide bonds. The molecule has 0 saturated heterocycles. The van der Waals surface area contributed by atoms with Gasteiger partial charge < -0.3 is 9.64 Å². The predicted molar refractivity (Wildman–Crippen MR) is 89.2 cm³/mol. The molecular formula is C18H27NO3. The van der Waals surface area contributed by atoms with Crippen molar-refractivity contribution in [1.82, 2.24) is 0 Å². The Morgan fingerprint density at radius 3 is 2.09 bits per heavy atom. The number of ketones is 1. The van der Waals surface area contributed by atoms with Crippen LogP contribution in [0.5, 0.6) is 0 Å². The van der Waals surface area contributed by atoms with Crippen LogP contribution < -0.4 is 4.90 Å². The Morgan fingerprint density at radius 1 is 0.955 bits per heavy atom. The van der Waals surface area contributed by atoms with Crippen molar-refractivity contribution < 1.29 is 14.3 Å². The second kappa shape index (κ2) is 9.98. The average molecular weight is 305 g/mol. The van der Waals surface area contributed by atoms with Crippen molar-refractivity contribution in [2.24, 2.45) is 0 Å². The number of rotatable bonds is 10. The third-order valence-electron chi connectivity index (χ3n) is 3.67. The number of Topliss-reactive ketones (excluding diaryl/α,β-unsaturated/α-hetero) is 1. The summed E-state index contributed by atoms with van der Waals surface area (Å²) in [4.78, 5) is 24.9. The molecule has 0 N–H and O–H groups in total. The van der Waals surface area contributed by atoms with Gasteiger partial charge in [0, 0.05) is 39.0 Å². The van der Waals surface area contributed by atoms with Crippen LogP contribution in [0.15, 0.2) is 24.3 Å². The van der Waals surface area contributed by atoms with E-state index in [1.54, 1.807) is 0 Å². The Balaban J connectivity index is 2.17. The summed E-state index contributed by atoms with van der Waals surface area (Å²) in [5.74, 6) is 0.128. The van der Waals surface area contributed by atoms with Crippen LogP contribution in [-0.2, 0) is 20.7 Å². The number of esters is 1. The lowest BCUT2D eigenvalue weighted by atomic mass is 10.0. The largest absolute Gasteiger partial charge is 0.469 e. The van der Waals surface area contributed by atoms with Crippen LogP contribution in [-0.4, -0.2) is 33.0 Å². The van der Waals surface area contributed by atoms with Crippen LogP contribution in [0.2, 0.25) is 0 Å². The third kappa shape index (κ3) is 7.25. The highest BCUT2D eigenvalue weighted by atomic mass is 16.5. The molecule has 0 spiro atoms. The molecule has 0 heterocycles. The van der Waals surface area contributed by atoms with Crippen LogP contribution in [0, 0.1) is 0 Å². The number of anilines is 1. The first kappa shape index (κ1) is 18.2. The highest BCUT2D eigenvalue weighted by Gasteiger charge is 2.05. The van der Waals surface area contributed by atoms with Crippen molar-refractivity contribution in [1.29, 1.82) is 0 Å². The monoisotopic (exact) mass is 305 g/mol. The molecule has 4 nitrogen and oxygen atoms in total. The van der Waals surface area contributed by atoms with Crippen molar-refractivity contribution in [2.75, 3.05) is 26.1 Å². The SMILES string of the molecule is COC(=O)CCCCCCC(=O)Cc1ccc(N(C)C)cc1. The fourth-order valence-electron chi connectivity index (χ4n) is 2.28. The molecule has 0 unspecified atom stereocenters. The zero-order valence-electron chi connectivity index (χ0n) is 13.9.